The van der Waals surface area contributed by atoms with E-state index >= 15 is 0 Å². The predicted octanol–water partition coefficient (Wildman–Crippen LogP) is 3.61. The number of nitrogens with zero attached hydrogens (tertiary/aromatic N) is 2. The van der Waals surface area contributed by atoms with Crippen molar-refractivity contribution in [2.45, 2.75) is 26.0 Å². The van der Waals surface area contributed by atoms with Crippen molar-refractivity contribution in [2.75, 3.05) is 30.4 Å². The molecule has 28 heavy (non-hydrogen) atoms. The number of amides is 2. The Bertz CT molecular complexity index is 796. The van der Waals surface area contributed by atoms with Crippen LogP contribution in [0.25, 0.3) is 0 Å². The zero-order valence-corrected chi connectivity index (χ0v) is 15.5. The van der Waals surface area contributed by atoms with Crippen LogP contribution in [0, 0.1) is 0 Å². The number of aromatic nitrogens is 1. The molecule has 1 aliphatic heterocycles. The SMILES string of the molecule is COc1ccc(NC(=O)NCc2ccc(N3CCCC3)nc2)cc1OC(F)F. The van der Waals surface area contributed by atoms with Gasteiger partial charge in [0, 0.05) is 37.6 Å². The minimum absolute atomic E-state index is 0.149. The van der Waals surface area contributed by atoms with Crippen molar-refractivity contribution in [3.8, 4) is 11.5 Å². The van der Waals surface area contributed by atoms with Gasteiger partial charge in [0.1, 0.15) is 5.82 Å². The maximum absolute atomic E-state index is 12.5. The average molecular weight is 392 g/mol. The van der Waals surface area contributed by atoms with Crippen LogP contribution in [0.15, 0.2) is 36.5 Å². The summed E-state index contributed by atoms with van der Waals surface area (Å²) < 4.78 is 34.3. The van der Waals surface area contributed by atoms with E-state index in [0.717, 1.165) is 24.5 Å². The highest BCUT2D eigenvalue weighted by Crippen LogP contribution is 2.31. The number of ether oxygens (including phenoxy) is 2. The molecule has 0 saturated carbocycles. The molecule has 3 rings (SSSR count). The fourth-order valence-electron chi connectivity index (χ4n) is 2.95. The van der Waals surface area contributed by atoms with Gasteiger partial charge in [0.25, 0.3) is 0 Å². The average Bonchev–Trinajstić information content (AvgIpc) is 3.21. The Labute approximate surface area is 161 Å². The van der Waals surface area contributed by atoms with Crippen LogP contribution in [0.1, 0.15) is 18.4 Å². The molecular formula is C19H22F2N4O3. The second-order valence-electron chi connectivity index (χ2n) is 6.27. The van der Waals surface area contributed by atoms with Gasteiger partial charge in [-0.2, -0.15) is 8.78 Å². The van der Waals surface area contributed by atoms with Crippen LogP contribution >= 0.6 is 0 Å². The van der Waals surface area contributed by atoms with Gasteiger partial charge < -0.3 is 25.0 Å². The molecule has 0 unspecified atom stereocenters. The van der Waals surface area contributed by atoms with Crippen molar-refractivity contribution in [3.63, 3.8) is 0 Å². The molecule has 0 radical (unpaired) electrons. The number of hydrogen-bond acceptors (Lipinski definition) is 5. The second-order valence-corrected chi connectivity index (χ2v) is 6.27. The van der Waals surface area contributed by atoms with Crippen molar-refractivity contribution < 1.29 is 23.0 Å². The number of methoxy groups -OCH3 is 1. The molecule has 0 aliphatic carbocycles. The van der Waals surface area contributed by atoms with E-state index in [4.69, 9.17) is 4.74 Å². The molecule has 150 valence electrons. The number of hydrogen-bond donors (Lipinski definition) is 2. The largest absolute Gasteiger partial charge is 0.493 e. The molecule has 1 aliphatic rings. The summed E-state index contributed by atoms with van der Waals surface area (Å²) in [5.74, 6) is 0.933. The number of urea groups is 1. The van der Waals surface area contributed by atoms with Gasteiger partial charge in [0.05, 0.1) is 7.11 Å². The number of carbonyl (C=O) groups excluding carboxylic acids is 1. The molecule has 0 spiro atoms. The molecule has 7 nitrogen and oxygen atoms in total. The van der Waals surface area contributed by atoms with E-state index in [1.807, 2.05) is 12.1 Å². The van der Waals surface area contributed by atoms with Gasteiger partial charge >= 0.3 is 12.6 Å². The molecule has 1 aromatic carbocycles. The first kappa shape index (κ1) is 19.7. The first-order valence-electron chi connectivity index (χ1n) is 8.93. The summed E-state index contributed by atoms with van der Waals surface area (Å²) in [7, 11) is 1.34. The Kier molecular flexibility index (Phi) is 6.46. The van der Waals surface area contributed by atoms with Crippen molar-refractivity contribution in [1.82, 2.24) is 10.3 Å². The van der Waals surface area contributed by atoms with Crippen LogP contribution in [0.4, 0.5) is 25.1 Å². The molecule has 0 bridgehead atoms. The number of anilines is 2. The predicted molar refractivity (Wildman–Crippen MR) is 101 cm³/mol. The quantitative estimate of drug-likeness (QED) is 0.753. The summed E-state index contributed by atoms with van der Waals surface area (Å²) in [6.07, 6.45) is 4.09. The molecule has 2 heterocycles. The van der Waals surface area contributed by atoms with Crippen molar-refractivity contribution >= 4 is 17.5 Å². The van der Waals surface area contributed by atoms with Crippen LogP contribution in [-0.4, -0.2) is 37.8 Å². The summed E-state index contributed by atoms with van der Waals surface area (Å²) in [6.45, 7) is -0.664. The third-order valence-corrected chi connectivity index (χ3v) is 4.33. The monoisotopic (exact) mass is 392 g/mol. The fourth-order valence-corrected chi connectivity index (χ4v) is 2.95. The van der Waals surface area contributed by atoms with Gasteiger partial charge in [0.15, 0.2) is 11.5 Å². The third-order valence-electron chi connectivity index (χ3n) is 4.33. The van der Waals surface area contributed by atoms with Gasteiger partial charge in [-0.1, -0.05) is 6.07 Å². The van der Waals surface area contributed by atoms with Crippen LogP contribution in [0.5, 0.6) is 11.5 Å². The maximum atomic E-state index is 12.5. The van der Waals surface area contributed by atoms with Gasteiger partial charge in [-0.3, -0.25) is 0 Å². The van der Waals surface area contributed by atoms with E-state index in [2.05, 4.69) is 25.3 Å². The molecule has 1 fully saturated rings. The summed E-state index contributed by atoms with van der Waals surface area (Å²) in [5, 5.41) is 5.28. The number of rotatable bonds is 7. The van der Waals surface area contributed by atoms with Gasteiger partial charge in [-0.25, -0.2) is 9.78 Å². The van der Waals surface area contributed by atoms with Gasteiger partial charge in [0.2, 0.25) is 0 Å². The Morgan fingerprint density at radius 1 is 1.21 bits per heavy atom. The van der Waals surface area contributed by atoms with Crippen LogP contribution < -0.4 is 25.0 Å². The number of halogens is 2. The number of nitrogens with one attached hydrogen (secondary N) is 2. The highest BCUT2D eigenvalue weighted by Gasteiger charge is 2.14. The highest BCUT2D eigenvalue weighted by atomic mass is 19.3. The van der Waals surface area contributed by atoms with Crippen molar-refractivity contribution in [2.24, 2.45) is 0 Å². The number of carbonyl (C=O) groups is 1. The molecule has 1 aromatic heterocycles. The lowest BCUT2D eigenvalue weighted by atomic mass is 10.2. The van der Waals surface area contributed by atoms with E-state index in [-0.39, 0.29) is 18.0 Å². The normalized spacial score (nSPS) is 13.5. The van der Waals surface area contributed by atoms with Crippen molar-refractivity contribution in [3.05, 3.63) is 42.1 Å². The molecule has 2 aromatic rings. The maximum Gasteiger partial charge on any atom is 0.387 e. The van der Waals surface area contributed by atoms with Gasteiger partial charge in [-0.15, -0.1) is 0 Å². The molecule has 1 saturated heterocycles. The summed E-state index contributed by atoms with van der Waals surface area (Å²) >= 11 is 0. The molecule has 9 heteroatoms. The van der Waals surface area contributed by atoms with E-state index in [0.29, 0.717) is 5.69 Å². The van der Waals surface area contributed by atoms with E-state index in [1.54, 1.807) is 6.20 Å². The summed E-state index contributed by atoms with van der Waals surface area (Å²) in [5.41, 5.74) is 1.16. The van der Waals surface area contributed by atoms with Crippen LogP contribution in [-0.2, 0) is 6.54 Å². The minimum atomic E-state index is -2.99. The zero-order chi connectivity index (χ0) is 19.9. The summed E-state index contributed by atoms with van der Waals surface area (Å²) in [4.78, 5) is 18.7. The molecule has 2 amide bonds. The number of alkyl halides is 2. The summed E-state index contributed by atoms with van der Waals surface area (Å²) in [6, 6.07) is 7.63. The first-order chi connectivity index (χ1) is 13.5. The lowest BCUT2D eigenvalue weighted by molar-refractivity contribution is -0.0511. The van der Waals surface area contributed by atoms with Crippen LogP contribution in [0.3, 0.4) is 0 Å². The third kappa shape index (κ3) is 5.21. The van der Waals surface area contributed by atoms with E-state index in [9.17, 15) is 13.6 Å². The standard InChI is InChI=1S/C19H22F2N4O3/c1-27-15-6-5-14(10-16(15)28-18(20)21)24-19(26)23-12-13-4-7-17(22-11-13)25-8-2-3-9-25/h4-7,10-11,18H,2-3,8-9,12H2,1H3,(H2,23,24,26). The number of benzene rings is 1. The molecular weight excluding hydrogens is 370 g/mol. The Morgan fingerprint density at radius 2 is 2.00 bits per heavy atom. The molecule has 2 N–H and O–H groups in total. The minimum Gasteiger partial charge on any atom is -0.493 e. The topological polar surface area (TPSA) is 75.7 Å². The van der Waals surface area contributed by atoms with E-state index < -0.39 is 12.6 Å². The highest BCUT2D eigenvalue weighted by molar-refractivity contribution is 5.89. The van der Waals surface area contributed by atoms with E-state index in [1.165, 1.54) is 38.2 Å². The Morgan fingerprint density at radius 3 is 2.64 bits per heavy atom. The lowest BCUT2D eigenvalue weighted by Crippen LogP contribution is -2.28. The zero-order valence-electron chi connectivity index (χ0n) is 15.5. The van der Waals surface area contributed by atoms with Crippen LogP contribution in [0.2, 0.25) is 0 Å². The Hall–Kier alpha value is -3.10. The fraction of sp³-hybridized carbons (Fsp3) is 0.368. The second kappa shape index (κ2) is 9.20. The van der Waals surface area contributed by atoms with Crippen molar-refractivity contribution in [1.29, 1.82) is 0 Å². The first-order valence-corrected chi connectivity index (χ1v) is 8.93. The van der Waals surface area contributed by atoms with Gasteiger partial charge in [-0.05, 0) is 36.6 Å². The number of pyridine rings is 1. The molecule has 0 atom stereocenters. The lowest BCUT2D eigenvalue weighted by Gasteiger charge is -2.16. The smallest absolute Gasteiger partial charge is 0.387 e. The Balaban J connectivity index is 1.54.